The molecule has 2 N–H and O–H groups in total. The molecule has 0 unspecified atom stereocenters. The van der Waals surface area contributed by atoms with Gasteiger partial charge in [-0.3, -0.25) is 0 Å². The van der Waals surface area contributed by atoms with Gasteiger partial charge in [-0.2, -0.15) is 0 Å². The van der Waals surface area contributed by atoms with E-state index in [1.165, 1.54) is 0 Å². The molecule has 0 saturated carbocycles. The van der Waals surface area contributed by atoms with Crippen LogP contribution in [0.25, 0.3) is 0 Å². The molecular weight excluding hydrogens is 230 g/mol. The third-order valence-corrected chi connectivity index (χ3v) is 2.75. The number of hydrogen-bond acceptors (Lipinski definition) is 3. The van der Waals surface area contributed by atoms with Crippen molar-refractivity contribution in [3.05, 3.63) is 59.9 Å². The Morgan fingerprint density at radius 3 is 2.56 bits per heavy atom. The Kier molecular flexibility index (Phi) is 3.48. The lowest BCUT2D eigenvalue weighted by atomic mass is 9.90. The van der Waals surface area contributed by atoms with Crippen LogP contribution in [-0.2, 0) is 15.1 Å². The quantitative estimate of drug-likeness (QED) is 0.807. The second-order valence-electron chi connectivity index (χ2n) is 3.88. The van der Waals surface area contributed by atoms with E-state index in [1.807, 2.05) is 6.07 Å². The van der Waals surface area contributed by atoms with Gasteiger partial charge < -0.3 is 14.8 Å². The van der Waals surface area contributed by atoms with Crippen LogP contribution in [0.3, 0.4) is 0 Å². The Labute approximate surface area is 105 Å². The summed E-state index contributed by atoms with van der Waals surface area (Å²) in [7, 11) is 0. The monoisotopic (exact) mass is 245 g/mol. The topological polar surface area (TPSA) is 62.3 Å². The van der Waals surface area contributed by atoms with Gasteiger partial charge in [0.2, 0.25) is 5.60 Å². The van der Waals surface area contributed by atoms with Gasteiger partial charge in [-0.05, 0) is 19.1 Å². The van der Waals surface area contributed by atoms with Gasteiger partial charge in [0.15, 0.2) is 0 Å². The number of ether oxygens (including phenoxy) is 1. The zero-order valence-corrected chi connectivity index (χ0v) is 10.1. The number of carbonyl (C=O) groups excluding carboxylic acids is 1. The number of benzene rings is 1. The lowest BCUT2D eigenvalue weighted by Gasteiger charge is -2.25. The third-order valence-electron chi connectivity index (χ3n) is 2.75. The molecule has 1 aromatic carbocycles. The highest BCUT2D eigenvalue weighted by Crippen LogP contribution is 2.29. The van der Waals surface area contributed by atoms with Crippen molar-refractivity contribution in [2.24, 2.45) is 0 Å². The van der Waals surface area contributed by atoms with Crippen LogP contribution in [-0.4, -0.2) is 22.7 Å². The highest BCUT2D eigenvalue weighted by Gasteiger charge is 2.42. The number of hydrogen-bond donors (Lipinski definition) is 2. The van der Waals surface area contributed by atoms with Gasteiger partial charge in [0, 0.05) is 11.8 Å². The normalized spacial score (nSPS) is 13.9. The van der Waals surface area contributed by atoms with E-state index < -0.39 is 11.6 Å². The average Bonchev–Trinajstić information content (AvgIpc) is 2.93. The maximum absolute atomic E-state index is 12.1. The summed E-state index contributed by atoms with van der Waals surface area (Å²) in [6.45, 7) is 1.92. The fraction of sp³-hybridized carbons (Fsp3) is 0.214. The van der Waals surface area contributed by atoms with E-state index in [0.29, 0.717) is 11.3 Å². The molecule has 0 aliphatic heterocycles. The molecule has 1 heterocycles. The van der Waals surface area contributed by atoms with Crippen molar-refractivity contribution in [3.8, 4) is 0 Å². The maximum Gasteiger partial charge on any atom is 0.349 e. The first-order chi connectivity index (χ1) is 8.69. The second kappa shape index (κ2) is 5.06. The second-order valence-corrected chi connectivity index (χ2v) is 3.88. The minimum absolute atomic E-state index is 0.217. The highest BCUT2D eigenvalue weighted by molar-refractivity contribution is 5.84. The van der Waals surface area contributed by atoms with Crippen LogP contribution < -0.4 is 0 Å². The first-order valence-electron chi connectivity index (χ1n) is 5.78. The van der Waals surface area contributed by atoms with Crippen LogP contribution in [0.1, 0.15) is 18.2 Å². The number of aromatic nitrogens is 1. The fourth-order valence-corrected chi connectivity index (χ4v) is 1.85. The fourth-order valence-electron chi connectivity index (χ4n) is 1.85. The zero-order valence-electron chi connectivity index (χ0n) is 10.1. The maximum atomic E-state index is 12.1. The highest BCUT2D eigenvalue weighted by atomic mass is 16.5. The molecule has 94 valence electrons. The third kappa shape index (κ3) is 2.02. The lowest BCUT2D eigenvalue weighted by molar-refractivity contribution is -0.161. The van der Waals surface area contributed by atoms with Crippen LogP contribution in [0, 0.1) is 0 Å². The molecule has 4 heteroatoms. The molecule has 0 spiro atoms. The number of aromatic amines is 1. The first kappa shape index (κ1) is 12.4. The van der Waals surface area contributed by atoms with Crippen LogP contribution in [0.15, 0.2) is 48.7 Å². The standard InChI is InChI=1S/C14H15NO3/c1-2-18-13(16)14(17,12-9-6-10-15-12)11-7-4-3-5-8-11/h3-10,15,17H,2H2,1H3/t14-/m1/s1. The van der Waals surface area contributed by atoms with E-state index in [0.717, 1.165) is 0 Å². The Morgan fingerprint density at radius 2 is 2.00 bits per heavy atom. The number of carbonyl (C=O) groups is 1. The molecule has 0 saturated heterocycles. The number of H-pyrrole nitrogens is 1. The van der Waals surface area contributed by atoms with Crippen molar-refractivity contribution in [1.29, 1.82) is 0 Å². The van der Waals surface area contributed by atoms with E-state index in [1.54, 1.807) is 49.5 Å². The zero-order chi connectivity index (χ0) is 13.0. The molecule has 2 aromatic rings. The van der Waals surface area contributed by atoms with Crippen molar-refractivity contribution >= 4 is 5.97 Å². The molecule has 1 atom stereocenters. The van der Waals surface area contributed by atoms with Crippen molar-refractivity contribution < 1.29 is 14.6 Å². The molecule has 2 rings (SSSR count). The average molecular weight is 245 g/mol. The molecule has 0 aliphatic carbocycles. The van der Waals surface area contributed by atoms with Gasteiger partial charge in [0.1, 0.15) is 0 Å². The van der Waals surface area contributed by atoms with Gasteiger partial charge >= 0.3 is 5.97 Å². The van der Waals surface area contributed by atoms with Crippen molar-refractivity contribution in [3.63, 3.8) is 0 Å². The molecule has 0 amide bonds. The largest absolute Gasteiger partial charge is 0.463 e. The minimum atomic E-state index is -1.79. The van der Waals surface area contributed by atoms with E-state index >= 15 is 0 Å². The van der Waals surface area contributed by atoms with Crippen molar-refractivity contribution in [2.75, 3.05) is 6.61 Å². The Hall–Kier alpha value is -2.07. The summed E-state index contributed by atoms with van der Waals surface area (Å²) < 4.78 is 4.98. The SMILES string of the molecule is CCOC(=O)[C@@](O)(c1ccccc1)c1ccc[nH]1. The predicted molar refractivity (Wildman–Crippen MR) is 66.9 cm³/mol. The molecule has 0 bridgehead atoms. The van der Waals surface area contributed by atoms with E-state index in [2.05, 4.69) is 4.98 Å². The Balaban J connectivity index is 2.50. The van der Waals surface area contributed by atoms with Crippen molar-refractivity contribution in [2.45, 2.75) is 12.5 Å². The summed E-state index contributed by atoms with van der Waals surface area (Å²) in [4.78, 5) is 14.9. The van der Waals surface area contributed by atoms with Gasteiger partial charge in [-0.1, -0.05) is 30.3 Å². The van der Waals surface area contributed by atoms with Crippen LogP contribution in [0.2, 0.25) is 0 Å². The van der Waals surface area contributed by atoms with E-state index in [4.69, 9.17) is 4.74 Å². The number of nitrogens with one attached hydrogen (secondary N) is 1. The van der Waals surface area contributed by atoms with Crippen molar-refractivity contribution in [1.82, 2.24) is 4.98 Å². The summed E-state index contributed by atoms with van der Waals surface area (Å²) >= 11 is 0. The number of esters is 1. The summed E-state index contributed by atoms with van der Waals surface area (Å²) in [5, 5.41) is 10.7. The summed E-state index contributed by atoms with van der Waals surface area (Å²) in [5.74, 6) is -0.682. The number of aliphatic hydroxyl groups is 1. The summed E-state index contributed by atoms with van der Waals surface area (Å²) in [6, 6.07) is 12.1. The first-order valence-corrected chi connectivity index (χ1v) is 5.78. The van der Waals surface area contributed by atoms with Crippen LogP contribution in [0.4, 0.5) is 0 Å². The van der Waals surface area contributed by atoms with E-state index in [9.17, 15) is 9.90 Å². The molecule has 18 heavy (non-hydrogen) atoms. The lowest BCUT2D eigenvalue weighted by Crippen LogP contribution is -2.38. The van der Waals surface area contributed by atoms with E-state index in [-0.39, 0.29) is 6.61 Å². The Morgan fingerprint density at radius 1 is 1.28 bits per heavy atom. The number of rotatable bonds is 4. The molecule has 1 aromatic heterocycles. The van der Waals surface area contributed by atoms with Gasteiger partial charge in [-0.15, -0.1) is 0 Å². The molecule has 4 nitrogen and oxygen atoms in total. The molecule has 0 aliphatic rings. The predicted octanol–water partition coefficient (Wildman–Crippen LogP) is 1.81. The molecule has 0 fully saturated rings. The minimum Gasteiger partial charge on any atom is -0.463 e. The van der Waals surface area contributed by atoms with Crippen LogP contribution >= 0.6 is 0 Å². The summed E-state index contributed by atoms with van der Waals surface area (Å²) in [5.41, 5.74) is -0.918. The smallest absolute Gasteiger partial charge is 0.349 e. The Bertz CT molecular complexity index is 507. The molecular formula is C14H15NO3. The van der Waals surface area contributed by atoms with Gasteiger partial charge in [0.25, 0.3) is 0 Å². The van der Waals surface area contributed by atoms with Gasteiger partial charge in [-0.25, -0.2) is 4.79 Å². The van der Waals surface area contributed by atoms with Gasteiger partial charge in [0.05, 0.1) is 12.3 Å². The molecule has 0 radical (unpaired) electrons. The van der Waals surface area contributed by atoms with Crippen LogP contribution in [0.5, 0.6) is 0 Å². The summed E-state index contributed by atoms with van der Waals surface area (Å²) in [6.07, 6.45) is 1.66.